The molecule has 2 unspecified atom stereocenters. The third kappa shape index (κ3) is 5.53. The van der Waals surface area contributed by atoms with Crippen LogP contribution in [0.5, 0.6) is 0 Å². The number of hydrogen-bond acceptors (Lipinski definition) is 5. The summed E-state index contributed by atoms with van der Waals surface area (Å²) in [6, 6.07) is 8.04. The molecule has 168 valence electrons. The van der Waals surface area contributed by atoms with Crippen LogP contribution in [0, 0.1) is 17.6 Å². The summed E-state index contributed by atoms with van der Waals surface area (Å²) in [5.41, 5.74) is -0.329. The molecule has 0 bridgehead atoms. The van der Waals surface area contributed by atoms with Crippen LogP contribution < -0.4 is 0 Å². The maximum absolute atomic E-state index is 14.6. The van der Waals surface area contributed by atoms with Crippen molar-refractivity contribution in [3.8, 4) is 0 Å². The smallest absolute Gasteiger partial charge is 0.409 e. The van der Waals surface area contributed by atoms with Gasteiger partial charge in [-0.3, -0.25) is 0 Å². The molecule has 31 heavy (non-hydrogen) atoms. The van der Waals surface area contributed by atoms with E-state index in [0.29, 0.717) is 31.3 Å². The fourth-order valence-corrected chi connectivity index (χ4v) is 5.55. The molecule has 0 spiro atoms. The molecule has 1 aliphatic heterocycles. The van der Waals surface area contributed by atoms with Crippen LogP contribution >= 0.6 is 11.6 Å². The number of morpholine rings is 1. The molecule has 1 heterocycles. The number of carbonyl (C=O) groups is 1. The number of carbonyl (C=O) groups excluding carboxylic acids is 1. The molecule has 0 saturated carbocycles. The molecule has 0 aromatic heterocycles. The Kier molecular flexibility index (Phi) is 7.51. The van der Waals surface area contributed by atoms with E-state index in [4.69, 9.17) is 21.1 Å². The van der Waals surface area contributed by atoms with Crippen LogP contribution in [-0.4, -0.2) is 52.3 Å². The highest BCUT2D eigenvalue weighted by molar-refractivity contribution is 7.91. The van der Waals surface area contributed by atoms with Gasteiger partial charge in [-0.25, -0.2) is 22.0 Å². The number of ether oxygens (including phenoxy) is 2. The summed E-state index contributed by atoms with van der Waals surface area (Å²) < 4.78 is 65.8. The highest BCUT2D eigenvalue weighted by Gasteiger charge is 2.37. The zero-order valence-electron chi connectivity index (χ0n) is 16.8. The summed E-state index contributed by atoms with van der Waals surface area (Å²) in [6.45, 7) is 2.69. The first-order chi connectivity index (χ1) is 14.7. The van der Waals surface area contributed by atoms with Crippen molar-refractivity contribution >= 4 is 27.5 Å². The Balaban J connectivity index is 1.91. The van der Waals surface area contributed by atoms with Crippen LogP contribution in [0.2, 0.25) is 5.02 Å². The molecule has 0 aliphatic carbocycles. The topological polar surface area (TPSA) is 72.9 Å². The van der Waals surface area contributed by atoms with Gasteiger partial charge in [0.2, 0.25) is 0 Å². The van der Waals surface area contributed by atoms with Gasteiger partial charge in [0.25, 0.3) is 0 Å². The normalized spacial score (nSPS) is 16.6. The van der Waals surface area contributed by atoms with E-state index in [2.05, 4.69) is 0 Å². The van der Waals surface area contributed by atoms with Crippen molar-refractivity contribution in [1.82, 2.24) is 4.90 Å². The van der Waals surface area contributed by atoms with Crippen molar-refractivity contribution in [3.05, 3.63) is 64.7 Å². The molecule has 10 heteroatoms. The molecule has 1 aliphatic rings. The van der Waals surface area contributed by atoms with Gasteiger partial charge in [0.05, 0.1) is 30.0 Å². The van der Waals surface area contributed by atoms with Crippen LogP contribution in [0.15, 0.2) is 47.4 Å². The first-order valence-corrected chi connectivity index (χ1v) is 11.6. The largest absolute Gasteiger partial charge is 0.449 e. The van der Waals surface area contributed by atoms with E-state index < -0.39 is 38.7 Å². The Hall–Kier alpha value is -2.23. The zero-order valence-corrected chi connectivity index (χ0v) is 18.3. The number of nitrogens with zero attached hydrogens (tertiary/aromatic N) is 1. The quantitative estimate of drug-likeness (QED) is 0.627. The van der Waals surface area contributed by atoms with Crippen molar-refractivity contribution in [1.29, 1.82) is 0 Å². The van der Waals surface area contributed by atoms with Crippen LogP contribution in [0.4, 0.5) is 13.6 Å². The molecule has 1 amide bonds. The highest BCUT2D eigenvalue weighted by Crippen LogP contribution is 2.37. The number of sulfone groups is 1. The fraction of sp³-hybridized carbons (Fsp3) is 0.381. The van der Waals surface area contributed by atoms with Gasteiger partial charge in [-0.05, 0) is 42.5 Å². The summed E-state index contributed by atoms with van der Waals surface area (Å²) in [5, 5.41) is -1.15. The Morgan fingerprint density at radius 3 is 2.45 bits per heavy atom. The monoisotopic (exact) mass is 473 g/mol. The molecular formula is C21H22ClF2NO5S. The molecule has 2 aromatic carbocycles. The summed E-state index contributed by atoms with van der Waals surface area (Å²) in [7, 11) is -4.17. The second kappa shape index (κ2) is 9.93. The number of rotatable bonds is 6. The van der Waals surface area contributed by atoms with E-state index in [1.165, 1.54) is 36.1 Å². The third-order valence-electron chi connectivity index (χ3n) is 5.00. The van der Waals surface area contributed by atoms with Crippen LogP contribution in [0.25, 0.3) is 0 Å². The minimum Gasteiger partial charge on any atom is -0.449 e. The lowest BCUT2D eigenvalue weighted by atomic mass is 10.0. The van der Waals surface area contributed by atoms with Crippen molar-refractivity contribution in [2.24, 2.45) is 5.92 Å². The predicted molar refractivity (Wildman–Crippen MR) is 111 cm³/mol. The molecule has 2 atom stereocenters. The SMILES string of the molecule is CC(COC(=O)N1CCOCC1)C(c1cc(F)ccc1F)S(=O)(=O)c1ccc(Cl)cc1. The van der Waals surface area contributed by atoms with Gasteiger partial charge in [-0.2, -0.15) is 0 Å². The van der Waals surface area contributed by atoms with Gasteiger partial charge < -0.3 is 14.4 Å². The van der Waals surface area contributed by atoms with Gasteiger partial charge in [0.15, 0.2) is 9.84 Å². The van der Waals surface area contributed by atoms with Crippen LogP contribution in [-0.2, 0) is 19.3 Å². The Bertz CT molecular complexity index is 1030. The van der Waals surface area contributed by atoms with Gasteiger partial charge in [0.1, 0.15) is 11.6 Å². The molecule has 2 aromatic rings. The maximum atomic E-state index is 14.6. The summed E-state index contributed by atoms with van der Waals surface area (Å²) in [5.74, 6) is -2.51. The number of benzene rings is 2. The van der Waals surface area contributed by atoms with Gasteiger partial charge in [-0.1, -0.05) is 18.5 Å². The first kappa shape index (κ1) is 23.4. The Labute approximate surface area is 184 Å². The second-order valence-electron chi connectivity index (χ2n) is 7.24. The van der Waals surface area contributed by atoms with E-state index in [1.54, 1.807) is 0 Å². The van der Waals surface area contributed by atoms with Crippen molar-refractivity contribution in [2.75, 3.05) is 32.9 Å². The minimum absolute atomic E-state index is 0.100. The highest BCUT2D eigenvalue weighted by atomic mass is 35.5. The second-order valence-corrected chi connectivity index (χ2v) is 9.74. The van der Waals surface area contributed by atoms with Gasteiger partial charge >= 0.3 is 6.09 Å². The third-order valence-corrected chi connectivity index (χ3v) is 7.57. The van der Waals surface area contributed by atoms with Crippen molar-refractivity contribution in [2.45, 2.75) is 17.1 Å². The lowest BCUT2D eigenvalue weighted by Gasteiger charge is -2.28. The number of hydrogen-bond donors (Lipinski definition) is 0. The zero-order chi connectivity index (χ0) is 22.6. The maximum Gasteiger partial charge on any atom is 0.409 e. The Morgan fingerprint density at radius 1 is 1.16 bits per heavy atom. The van der Waals surface area contributed by atoms with Crippen molar-refractivity contribution < 1.29 is 31.5 Å². The van der Waals surface area contributed by atoms with Gasteiger partial charge in [-0.15, -0.1) is 0 Å². The van der Waals surface area contributed by atoms with E-state index in [1.807, 2.05) is 0 Å². The summed E-state index contributed by atoms with van der Waals surface area (Å²) in [4.78, 5) is 13.6. The molecule has 6 nitrogen and oxygen atoms in total. The molecular weight excluding hydrogens is 452 g/mol. The average Bonchev–Trinajstić information content (AvgIpc) is 2.75. The Morgan fingerprint density at radius 2 is 1.81 bits per heavy atom. The lowest BCUT2D eigenvalue weighted by Crippen LogP contribution is -2.41. The molecule has 1 fully saturated rings. The average molecular weight is 474 g/mol. The first-order valence-electron chi connectivity index (χ1n) is 9.64. The molecule has 0 N–H and O–H groups in total. The summed E-state index contributed by atoms with van der Waals surface area (Å²) in [6.07, 6.45) is -0.613. The van der Waals surface area contributed by atoms with E-state index in [0.717, 1.165) is 18.2 Å². The van der Waals surface area contributed by atoms with Crippen molar-refractivity contribution in [3.63, 3.8) is 0 Å². The lowest BCUT2D eigenvalue weighted by molar-refractivity contribution is 0.0233. The molecule has 1 saturated heterocycles. The minimum atomic E-state index is -4.17. The fourth-order valence-electron chi connectivity index (χ4n) is 3.41. The van der Waals surface area contributed by atoms with E-state index >= 15 is 0 Å². The van der Waals surface area contributed by atoms with E-state index in [-0.39, 0.29) is 17.1 Å². The summed E-state index contributed by atoms with van der Waals surface area (Å²) >= 11 is 5.85. The van der Waals surface area contributed by atoms with Gasteiger partial charge in [0, 0.05) is 29.6 Å². The standard InChI is InChI=1S/C21H22ClF2NO5S/c1-14(13-30-21(26)25-8-10-29-11-9-25)20(18-12-16(23)4-7-19(18)24)31(27,28)17-5-2-15(22)3-6-17/h2-7,12,14,20H,8-11,13H2,1H3. The number of halogens is 3. The van der Waals surface area contributed by atoms with Crippen LogP contribution in [0.1, 0.15) is 17.7 Å². The predicted octanol–water partition coefficient (Wildman–Crippen LogP) is 4.24. The van der Waals surface area contributed by atoms with E-state index in [9.17, 15) is 22.0 Å². The molecule has 0 radical (unpaired) electrons. The molecule has 3 rings (SSSR count). The van der Waals surface area contributed by atoms with Crippen LogP contribution in [0.3, 0.4) is 0 Å². The number of amides is 1.